The number of aromatic nitrogens is 4. The quantitative estimate of drug-likeness (QED) is 0.763. The molecule has 1 aliphatic heterocycles. The van der Waals surface area contributed by atoms with Gasteiger partial charge in [0.05, 0.1) is 11.7 Å². The van der Waals surface area contributed by atoms with Crippen molar-refractivity contribution in [1.82, 2.24) is 25.3 Å². The van der Waals surface area contributed by atoms with Gasteiger partial charge >= 0.3 is 0 Å². The molecule has 2 aromatic heterocycles. The van der Waals surface area contributed by atoms with E-state index in [9.17, 15) is 0 Å². The third-order valence-corrected chi connectivity index (χ3v) is 5.52. The zero-order chi connectivity index (χ0) is 16.3. The Morgan fingerprint density at radius 3 is 2.96 bits per heavy atom. The highest BCUT2D eigenvalue weighted by Crippen LogP contribution is 2.40. The zero-order valence-electron chi connectivity index (χ0n) is 14.0. The maximum Gasteiger partial charge on any atom is 0.103 e. The maximum absolute atomic E-state index is 4.54. The summed E-state index contributed by atoms with van der Waals surface area (Å²) in [5.74, 6) is 1.48. The molecule has 0 amide bonds. The van der Waals surface area contributed by atoms with Crippen LogP contribution in [0.4, 0.5) is 0 Å². The molecule has 3 aromatic rings. The number of fused-ring (bicyclic) bond motifs is 2. The van der Waals surface area contributed by atoms with Crippen molar-refractivity contribution in [2.75, 3.05) is 13.1 Å². The minimum atomic E-state index is 0.706. The summed E-state index contributed by atoms with van der Waals surface area (Å²) in [6.45, 7) is 4.48. The van der Waals surface area contributed by atoms with Crippen LogP contribution in [0, 0.1) is 18.8 Å². The molecule has 0 unspecified atom stereocenters. The van der Waals surface area contributed by atoms with Crippen molar-refractivity contribution in [3.63, 3.8) is 0 Å². The van der Waals surface area contributed by atoms with Crippen LogP contribution in [0.2, 0.25) is 0 Å². The molecule has 5 rings (SSSR count). The lowest BCUT2D eigenvalue weighted by Crippen LogP contribution is -2.09. The van der Waals surface area contributed by atoms with Gasteiger partial charge in [0.15, 0.2) is 0 Å². The van der Waals surface area contributed by atoms with Crippen LogP contribution in [-0.2, 0) is 7.05 Å². The second-order valence-corrected chi connectivity index (χ2v) is 7.17. The third-order valence-electron chi connectivity index (χ3n) is 5.52. The molecule has 2 N–H and O–H groups in total. The van der Waals surface area contributed by atoms with Crippen LogP contribution < -0.4 is 5.32 Å². The van der Waals surface area contributed by atoms with E-state index in [2.05, 4.69) is 45.7 Å². The first kappa shape index (κ1) is 14.0. The Morgan fingerprint density at radius 2 is 2.17 bits per heavy atom. The predicted molar refractivity (Wildman–Crippen MR) is 95.5 cm³/mol. The monoisotopic (exact) mass is 319 g/mol. The van der Waals surface area contributed by atoms with Gasteiger partial charge in [-0.05, 0) is 60.6 Å². The van der Waals surface area contributed by atoms with Gasteiger partial charge in [-0.1, -0.05) is 6.08 Å². The van der Waals surface area contributed by atoms with Crippen LogP contribution in [0.25, 0.3) is 27.7 Å². The Labute approximate surface area is 140 Å². The van der Waals surface area contributed by atoms with Gasteiger partial charge in [-0.25, -0.2) is 0 Å². The van der Waals surface area contributed by atoms with E-state index in [1.54, 1.807) is 0 Å². The van der Waals surface area contributed by atoms with E-state index in [0.717, 1.165) is 35.8 Å². The third kappa shape index (κ3) is 2.04. The fraction of sp³-hybridized carbons (Fsp3) is 0.368. The first-order chi connectivity index (χ1) is 11.7. The van der Waals surface area contributed by atoms with Crippen molar-refractivity contribution in [1.29, 1.82) is 0 Å². The summed E-state index contributed by atoms with van der Waals surface area (Å²) in [7, 11) is 1.93. The lowest BCUT2D eigenvalue weighted by Gasteiger charge is -2.10. The van der Waals surface area contributed by atoms with Gasteiger partial charge in [-0.15, -0.1) is 0 Å². The Hall–Kier alpha value is -2.40. The van der Waals surface area contributed by atoms with Gasteiger partial charge in [0.1, 0.15) is 5.69 Å². The lowest BCUT2D eigenvalue weighted by molar-refractivity contribution is 0.536. The molecule has 122 valence electrons. The van der Waals surface area contributed by atoms with E-state index in [1.807, 2.05) is 24.1 Å². The van der Waals surface area contributed by atoms with Crippen LogP contribution in [-0.4, -0.2) is 33.1 Å². The SMILES string of the molecule is Cc1cc2[nH]nc(-c3cnn(C)c3)c2cc1C1=C[C@@H]2CNC[C@@H]2C1. The molecule has 2 atom stereocenters. The summed E-state index contributed by atoms with van der Waals surface area (Å²) in [6, 6.07) is 4.54. The Kier molecular flexibility index (Phi) is 2.94. The molecule has 0 saturated carbocycles. The highest BCUT2D eigenvalue weighted by Gasteiger charge is 2.32. The van der Waals surface area contributed by atoms with Crippen LogP contribution in [0.15, 0.2) is 30.6 Å². The summed E-state index contributed by atoms with van der Waals surface area (Å²) in [5, 5.41) is 16.7. The number of allylic oxidation sites excluding steroid dienone is 1. The number of rotatable bonds is 2. The number of hydrogen-bond donors (Lipinski definition) is 2. The van der Waals surface area contributed by atoms with Crippen molar-refractivity contribution >= 4 is 16.5 Å². The fourth-order valence-electron chi connectivity index (χ4n) is 4.26. The first-order valence-corrected chi connectivity index (χ1v) is 8.58. The summed E-state index contributed by atoms with van der Waals surface area (Å²) >= 11 is 0. The first-order valence-electron chi connectivity index (χ1n) is 8.58. The number of aryl methyl sites for hydroxylation is 2. The van der Waals surface area contributed by atoms with E-state index in [0.29, 0.717) is 5.92 Å². The molecule has 5 heteroatoms. The normalized spacial score (nSPS) is 23.0. The van der Waals surface area contributed by atoms with E-state index in [4.69, 9.17) is 0 Å². The highest BCUT2D eigenvalue weighted by molar-refractivity contribution is 5.95. The van der Waals surface area contributed by atoms with Gasteiger partial charge in [-0.3, -0.25) is 9.78 Å². The lowest BCUT2D eigenvalue weighted by atomic mass is 9.94. The molecule has 2 aliphatic rings. The van der Waals surface area contributed by atoms with Crippen molar-refractivity contribution in [2.24, 2.45) is 18.9 Å². The number of H-pyrrole nitrogens is 1. The molecule has 1 aromatic carbocycles. The summed E-state index contributed by atoms with van der Waals surface area (Å²) in [4.78, 5) is 0. The van der Waals surface area contributed by atoms with Crippen LogP contribution in [0.5, 0.6) is 0 Å². The number of nitrogens with one attached hydrogen (secondary N) is 2. The van der Waals surface area contributed by atoms with Crippen LogP contribution >= 0.6 is 0 Å². The molecule has 1 fully saturated rings. The molecule has 0 bridgehead atoms. The van der Waals surface area contributed by atoms with Crippen molar-refractivity contribution in [3.05, 3.63) is 41.7 Å². The van der Waals surface area contributed by atoms with Crippen LogP contribution in [0.3, 0.4) is 0 Å². The Bertz CT molecular complexity index is 961. The minimum Gasteiger partial charge on any atom is -0.316 e. The molecule has 0 radical (unpaired) electrons. The summed E-state index contributed by atoms with van der Waals surface area (Å²) < 4.78 is 1.82. The van der Waals surface area contributed by atoms with Gasteiger partial charge in [0.2, 0.25) is 0 Å². The molecule has 3 heterocycles. The van der Waals surface area contributed by atoms with Crippen LogP contribution in [0.1, 0.15) is 17.5 Å². The Morgan fingerprint density at radius 1 is 1.25 bits per heavy atom. The number of hydrogen-bond acceptors (Lipinski definition) is 3. The molecular weight excluding hydrogens is 298 g/mol. The minimum absolute atomic E-state index is 0.706. The molecular formula is C19H21N5. The maximum atomic E-state index is 4.54. The zero-order valence-corrected chi connectivity index (χ0v) is 14.0. The average molecular weight is 319 g/mol. The van der Waals surface area contributed by atoms with Crippen molar-refractivity contribution in [3.8, 4) is 11.3 Å². The topological polar surface area (TPSA) is 58.5 Å². The van der Waals surface area contributed by atoms with Gasteiger partial charge in [0, 0.05) is 30.7 Å². The summed E-state index contributed by atoms with van der Waals surface area (Å²) in [5.41, 5.74) is 7.34. The smallest absolute Gasteiger partial charge is 0.103 e. The van der Waals surface area contributed by atoms with E-state index in [1.165, 1.54) is 28.5 Å². The average Bonchev–Trinajstić information content (AvgIpc) is 3.28. The number of benzene rings is 1. The van der Waals surface area contributed by atoms with Gasteiger partial charge < -0.3 is 5.32 Å². The van der Waals surface area contributed by atoms with E-state index in [-0.39, 0.29) is 0 Å². The van der Waals surface area contributed by atoms with E-state index >= 15 is 0 Å². The second kappa shape index (κ2) is 5.05. The largest absolute Gasteiger partial charge is 0.316 e. The Balaban J connectivity index is 1.63. The molecule has 1 aliphatic carbocycles. The molecule has 24 heavy (non-hydrogen) atoms. The highest BCUT2D eigenvalue weighted by atomic mass is 15.2. The van der Waals surface area contributed by atoms with E-state index < -0.39 is 0 Å². The second-order valence-electron chi connectivity index (χ2n) is 7.17. The predicted octanol–water partition coefficient (Wildman–Crippen LogP) is 2.89. The fourth-order valence-corrected chi connectivity index (χ4v) is 4.26. The molecule has 1 saturated heterocycles. The van der Waals surface area contributed by atoms with Gasteiger partial charge in [-0.2, -0.15) is 10.2 Å². The van der Waals surface area contributed by atoms with Crippen molar-refractivity contribution in [2.45, 2.75) is 13.3 Å². The van der Waals surface area contributed by atoms with Crippen molar-refractivity contribution < 1.29 is 0 Å². The number of nitrogens with zero attached hydrogens (tertiary/aromatic N) is 3. The summed E-state index contributed by atoms with van der Waals surface area (Å²) in [6.07, 6.45) is 7.56. The number of aromatic amines is 1. The standard InChI is InChI=1S/C19H21N5/c1-11-3-18-17(19(23-22-18)15-9-21-24(2)10-15)6-16(11)12-4-13-7-20-8-14(13)5-12/h3-4,6,9-10,13-14,20H,5,7-8H2,1-2H3,(H,22,23)/t13-,14+/m1/s1. The van der Waals surface area contributed by atoms with Gasteiger partial charge in [0.25, 0.3) is 0 Å². The molecule has 0 spiro atoms. The molecule has 5 nitrogen and oxygen atoms in total.